The average molecular weight is 456 g/mol. The first-order chi connectivity index (χ1) is 16.3. The molecule has 1 heterocycles. The Hall–Kier alpha value is -3.54. The van der Waals surface area contributed by atoms with Crippen molar-refractivity contribution in [3.8, 4) is 0 Å². The number of rotatable bonds is 5. The fraction of sp³-hybridized carbons (Fsp3) is 0.357. The van der Waals surface area contributed by atoms with E-state index < -0.39 is 12.1 Å². The van der Waals surface area contributed by atoms with Gasteiger partial charge in [0.1, 0.15) is 0 Å². The summed E-state index contributed by atoms with van der Waals surface area (Å²) in [5.41, 5.74) is 2.08. The molecule has 34 heavy (non-hydrogen) atoms. The highest BCUT2D eigenvalue weighted by molar-refractivity contribution is 6.23. The SMILES string of the molecule is Cc1ccc(C(=O)[C@H](C)OC(=O)c2cccc(N3C(=O)[C@@H]4[C@@H]5C=C[C@H]([C@H]6C[C@H]56)[C@@H]4C3=O)c2)cc1. The number of allylic oxidation sites excluding steroid dienone is 2. The summed E-state index contributed by atoms with van der Waals surface area (Å²) < 4.78 is 5.43. The number of carbonyl (C=O) groups is 4. The zero-order valence-corrected chi connectivity index (χ0v) is 19.0. The summed E-state index contributed by atoms with van der Waals surface area (Å²) in [5, 5.41) is 0. The van der Waals surface area contributed by atoms with E-state index in [4.69, 9.17) is 4.74 Å². The molecule has 2 aromatic carbocycles. The normalized spacial score (nSPS) is 31.2. The van der Waals surface area contributed by atoms with Gasteiger partial charge in [-0.1, -0.05) is 48.0 Å². The smallest absolute Gasteiger partial charge is 0.338 e. The van der Waals surface area contributed by atoms with E-state index >= 15 is 0 Å². The molecule has 3 fully saturated rings. The topological polar surface area (TPSA) is 80.8 Å². The zero-order chi connectivity index (χ0) is 23.7. The molecule has 5 aliphatic rings. The second-order valence-corrected chi connectivity index (χ2v) is 9.99. The van der Waals surface area contributed by atoms with Crippen LogP contribution in [0.3, 0.4) is 0 Å². The molecule has 172 valence electrons. The van der Waals surface area contributed by atoms with Crippen LogP contribution in [0.1, 0.15) is 39.6 Å². The Morgan fingerprint density at radius 2 is 1.53 bits per heavy atom. The molecule has 2 aromatic rings. The molecule has 6 nitrogen and oxygen atoms in total. The van der Waals surface area contributed by atoms with Crippen molar-refractivity contribution in [3.63, 3.8) is 0 Å². The van der Waals surface area contributed by atoms with Gasteiger partial charge in [0.05, 0.1) is 23.1 Å². The molecule has 6 heteroatoms. The lowest BCUT2D eigenvalue weighted by Crippen LogP contribution is -2.40. The van der Waals surface area contributed by atoms with E-state index in [1.807, 2.05) is 19.1 Å². The van der Waals surface area contributed by atoms with Crippen molar-refractivity contribution in [2.75, 3.05) is 4.90 Å². The third-order valence-corrected chi connectivity index (χ3v) is 7.99. The van der Waals surface area contributed by atoms with Crippen LogP contribution in [0.4, 0.5) is 5.69 Å². The first-order valence-electron chi connectivity index (χ1n) is 11.8. The van der Waals surface area contributed by atoms with Gasteiger partial charge in [-0.25, -0.2) is 9.69 Å². The molecule has 0 spiro atoms. The zero-order valence-electron chi connectivity index (χ0n) is 19.0. The number of anilines is 1. The molecular formula is C28H25NO5. The number of ketones is 1. The van der Waals surface area contributed by atoms with Gasteiger partial charge in [-0.2, -0.15) is 0 Å². The lowest BCUT2D eigenvalue weighted by atomic mass is 9.63. The number of aryl methyl sites for hydroxylation is 1. The van der Waals surface area contributed by atoms with Crippen LogP contribution >= 0.6 is 0 Å². The number of benzene rings is 2. The summed E-state index contributed by atoms with van der Waals surface area (Å²) in [6, 6.07) is 13.4. The number of nitrogens with zero attached hydrogens (tertiary/aromatic N) is 1. The minimum atomic E-state index is -0.967. The molecule has 0 radical (unpaired) electrons. The largest absolute Gasteiger partial charge is 0.451 e. The highest BCUT2D eigenvalue weighted by Gasteiger charge is 2.67. The maximum Gasteiger partial charge on any atom is 0.338 e. The van der Waals surface area contributed by atoms with Gasteiger partial charge in [-0.05, 0) is 62.1 Å². The predicted octanol–water partition coefficient (Wildman–Crippen LogP) is 3.98. The average Bonchev–Trinajstić information content (AvgIpc) is 3.62. The number of esters is 1. The number of hydrogen-bond acceptors (Lipinski definition) is 5. The summed E-state index contributed by atoms with van der Waals surface area (Å²) in [6.45, 7) is 3.47. The highest BCUT2D eigenvalue weighted by Crippen LogP contribution is 2.65. The molecule has 1 aliphatic heterocycles. The van der Waals surface area contributed by atoms with Gasteiger partial charge in [0, 0.05) is 5.56 Å². The third kappa shape index (κ3) is 3.08. The van der Waals surface area contributed by atoms with Crippen LogP contribution in [0.25, 0.3) is 0 Å². The predicted molar refractivity (Wildman–Crippen MR) is 124 cm³/mol. The van der Waals surface area contributed by atoms with E-state index in [-0.39, 0.29) is 46.8 Å². The lowest BCUT2D eigenvalue weighted by molar-refractivity contribution is -0.124. The summed E-state index contributed by atoms with van der Waals surface area (Å²) in [6.07, 6.45) is 4.41. The maximum absolute atomic E-state index is 13.3. The van der Waals surface area contributed by atoms with Crippen LogP contribution < -0.4 is 4.90 Å². The Bertz CT molecular complexity index is 1230. The highest BCUT2D eigenvalue weighted by atomic mass is 16.5. The monoisotopic (exact) mass is 455 g/mol. The van der Waals surface area contributed by atoms with E-state index in [0.29, 0.717) is 23.1 Å². The Morgan fingerprint density at radius 3 is 2.15 bits per heavy atom. The van der Waals surface area contributed by atoms with Crippen molar-refractivity contribution >= 4 is 29.3 Å². The second kappa shape index (κ2) is 7.49. The van der Waals surface area contributed by atoms with Crippen LogP contribution in [-0.4, -0.2) is 29.7 Å². The molecule has 0 aromatic heterocycles. The molecular weight excluding hydrogens is 430 g/mol. The molecule has 7 rings (SSSR count). The van der Waals surface area contributed by atoms with Crippen molar-refractivity contribution in [1.29, 1.82) is 0 Å². The van der Waals surface area contributed by atoms with Gasteiger partial charge in [0.15, 0.2) is 6.10 Å². The molecule has 1 saturated heterocycles. The summed E-state index contributed by atoms with van der Waals surface area (Å²) in [7, 11) is 0. The van der Waals surface area contributed by atoms with Gasteiger partial charge >= 0.3 is 5.97 Å². The minimum absolute atomic E-state index is 0.142. The van der Waals surface area contributed by atoms with Gasteiger partial charge in [0.25, 0.3) is 0 Å². The fourth-order valence-corrected chi connectivity index (χ4v) is 6.22. The van der Waals surface area contributed by atoms with Crippen LogP contribution in [0.5, 0.6) is 0 Å². The van der Waals surface area contributed by atoms with Crippen LogP contribution in [0, 0.1) is 42.4 Å². The summed E-state index contributed by atoms with van der Waals surface area (Å²) >= 11 is 0. The molecule has 4 aliphatic carbocycles. The first kappa shape index (κ1) is 21.0. The Kier molecular flexibility index (Phi) is 4.63. The summed E-state index contributed by atoms with van der Waals surface area (Å²) in [5.74, 6) is -0.561. The van der Waals surface area contributed by atoms with Gasteiger partial charge in [-0.15, -0.1) is 0 Å². The van der Waals surface area contributed by atoms with Gasteiger partial charge < -0.3 is 4.74 Å². The summed E-state index contributed by atoms with van der Waals surface area (Å²) in [4.78, 5) is 53.4. The molecule has 7 atom stereocenters. The van der Waals surface area contributed by atoms with Crippen molar-refractivity contribution in [2.45, 2.75) is 26.4 Å². The van der Waals surface area contributed by atoms with E-state index in [0.717, 1.165) is 12.0 Å². The number of hydrogen-bond donors (Lipinski definition) is 0. The van der Waals surface area contributed by atoms with Crippen molar-refractivity contribution in [3.05, 3.63) is 77.4 Å². The van der Waals surface area contributed by atoms with Crippen LogP contribution in [0.15, 0.2) is 60.7 Å². The molecule has 0 N–H and O–H groups in total. The minimum Gasteiger partial charge on any atom is -0.451 e. The third-order valence-electron chi connectivity index (χ3n) is 7.99. The quantitative estimate of drug-likeness (QED) is 0.295. The maximum atomic E-state index is 13.3. The number of amides is 2. The number of carbonyl (C=O) groups excluding carboxylic acids is 4. The van der Waals surface area contributed by atoms with Crippen LogP contribution in [0.2, 0.25) is 0 Å². The molecule has 2 amide bonds. The van der Waals surface area contributed by atoms with Crippen molar-refractivity contribution < 1.29 is 23.9 Å². The number of ether oxygens (including phenoxy) is 1. The number of imide groups is 1. The second-order valence-electron chi connectivity index (χ2n) is 9.99. The van der Waals surface area contributed by atoms with Crippen molar-refractivity contribution in [1.82, 2.24) is 0 Å². The lowest BCUT2D eigenvalue weighted by Gasteiger charge is -2.37. The Morgan fingerprint density at radius 1 is 0.912 bits per heavy atom. The molecule has 2 saturated carbocycles. The Balaban J connectivity index is 1.21. The Labute approximate surface area is 197 Å². The molecule has 2 bridgehead atoms. The standard InChI is InChI=1S/C28H25NO5/c1-14-6-8-16(9-7-14)25(30)15(2)34-28(33)17-4-3-5-18(12-17)29-26(31)23-19-10-11-20(22-13-21(19)22)24(23)27(29)32/h3-12,15,19-24H,13H2,1-2H3/t15-,19+,20+,21+,22+,23-,24+/m0/s1. The van der Waals surface area contributed by atoms with E-state index in [1.165, 1.54) is 17.9 Å². The first-order valence-corrected chi connectivity index (χ1v) is 11.8. The van der Waals surface area contributed by atoms with E-state index in [2.05, 4.69) is 12.2 Å². The van der Waals surface area contributed by atoms with Gasteiger partial charge in [-0.3, -0.25) is 14.4 Å². The molecule has 0 unspecified atom stereocenters. The fourth-order valence-electron chi connectivity index (χ4n) is 6.22. The number of Topliss-reactive ketones (excluding diaryl/α,β-unsaturated/α-hetero) is 1. The van der Waals surface area contributed by atoms with Crippen LogP contribution in [-0.2, 0) is 14.3 Å². The van der Waals surface area contributed by atoms with Gasteiger partial charge in [0.2, 0.25) is 17.6 Å². The van der Waals surface area contributed by atoms with E-state index in [1.54, 1.807) is 30.3 Å². The van der Waals surface area contributed by atoms with Crippen molar-refractivity contribution in [2.24, 2.45) is 35.5 Å². The van der Waals surface area contributed by atoms with E-state index in [9.17, 15) is 19.2 Å².